The Kier molecular flexibility index (Phi) is 5.25. The number of halogens is 3. The van der Waals surface area contributed by atoms with Crippen molar-refractivity contribution in [1.82, 2.24) is 24.4 Å². The van der Waals surface area contributed by atoms with Crippen molar-refractivity contribution in [3.05, 3.63) is 43.2 Å². The number of amides is 1. The van der Waals surface area contributed by atoms with Crippen LogP contribution in [0.25, 0.3) is 22.4 Å². The molecule has 3 aromatic rings. The van der Waals surface area contributed by atoms with E-state index in [2.05, 4.69) is 26.3 Å². The molecule has 1 fully saturated rings. The summed E-state index contributed by atoms with van der Waals surface area (Å²) in [5.41, 5.74) is 2.22. The fourth-order valence-corrected chi connectivity index (χ4v) is 3.41. The molecule has 1 aliphatic heterocycles. The van der Waals surface area contributed by atoms with Gasteiger partial charge in [0.15, 0.2) is 5.65 Å². The van der Waals surface area contributed by atoms with E-state index in [1.54, 1.807) is 22.8 Å². The molecular weight excluding hydrogens is 413 g/mol. The smallest absolute Gasteiger partial charge is 0.406 e. The Labute approximate surface area is 175 Å². The van der Waals surface area contributed by atoms with Crippen LogP contribution in [0, 0.1) is 0 Å². The summed E-state index contributed by atoms with van der Waals surface area (Å²) in [7, 11) is 1.80. The van der Waals surface area contributed by atoms with Gasteiger partial charge in [-0.15, -0.1) is 13.2 Å². The normalized spacial score (nSPS) is 14.7. The molecule has 0 aliphatic carbocycles. The third kappa shape index (κ3) is 4.30. The molecule has 1 aliphatic rings. The zero-order valence-corrected chi connectivity index (χ0v) is 16.6. The lowest BCUT2D eigenvalue weighted by molar-refractivity contribution is -0.274. The van der Waals surface area contributed by atoms with Gasteiger partial charge in [0.1, 0.15) is 17.0 Å². The van der Waals surface area contributed by atoms with Crippen molar-refractivity contribution in [3.63, 3.8) is 0 Å². The average Bonchev–Trinajstić information content (AvgIpc) is 3.13. The van der Waals surface area contributed by atoms with Crippen molar-refractivity contribution in [2.45, 2.75) is 6.36 Å². The van der Waals surface area contributed by atoms with Gasteiger partial charge in [-0.1, -0.05) is 6.58 Å². The first-order valence-corrected chi connectivity index (χ1v) is 9.46. The highest BCUT2D eigenvalue weighted by atomic mass is 19.4. The highest BCUT2D eigenvalue weighted by Crippen LogP contribution is 2.30. The second-order valence-electron chi connectivity index (χ2n) is 6.99. The van der Waals surface area contributed by atoms with Crippen LogP contribution in [-0.4, -0.2) is 62.9 Å². The molecular formula is C20H19F3N6O2. The van der Waals surface area contributed by atoms with Crippen LogP contribution in [-0.2, 0) is 11.8 Å². The lowest BCUT2D eigenvalue weighted by Crippen LogP contribution is -2.48. The molecule has 0 unspecified atom stereocenters. The third-order valence-corrected chi connectivity index (χ3v) is 4.96. The van der Waals surface area contributed by atoms with E-state index < -0.39 is 6.36 Å². The van der Waals surface area contributed by atoms with Crippen LogP contribution in [0.3, 0.4) is 0 Å². The van der Waals surface area contributed by atoms with E-state index in [0.29, 0.717) is 54.5 Å². The summed E-state index contributed by atoms with van der Waals surface area (Å²) >= 11 is 0. The molecule has 0 saturated carbocycles. The number of fused-ring (bicyclic) bond motifs is 1. The second kappa shape index (κ2) is 7.89. The molecule has 1 aromatic carbocycles. The minimum absolute atomic E-state index is 0.121. The molecule has 8 nitrogen and oxygen atoms in total. The highest BCUT2D eigenvalue weighted by Gasteiger charge is 2.31. The Morgan fingerprint density at radius 3 is 2.42 bits per heavy atom. The maximum Gasteiger partial charge on any atom is 0.573 e. The molecule has 0 spiro atoms. The fourth-order valence-electron chi connectivity index (χ4n) is 3.41. The van der Waals surface area contributed by atoms with Gasteiger partial charge in [-0.3, -0.25) is 4.79 Å². The zero-order valence-electron chi connectivity index (χ0n) is 16.6. The largest absolute Gasteiger partial charge is 0.573 e. The quantitative estimate of drug-likeness (QED) is 0.590. The first kappa shape index (κ1) is 20.6. The summed E-state index contributed by atoms with van der Waals surface area (Å²) in [6, 6.07) is 5.47. The van der Waals surface area contributed by atoms with Crippen LogP contribution < -0.4 is 9.64 Å². The lowest BCUT2D eigenvalue weighted by Gasteiger charge is -2.34. The van der Waals surface area contributed by atoms with Crippen LogP contribution in [0.2, 0.25) is 0 Å². The molecule has 2 aromatic heterocycles. The Balaban J connectivity index is 1.67. The van der Waals surface area contributed by atoms with Gasteiger partial charge in [-0.2, -0.15) is 4.98 Å². The predicted octanol–water partition coefficient (Wildman–Crippen LogP) is 2.76. The summed E-state index contributed by atoms with van der Waals surface area (Å²) in [4.78, 5) is 29.1. The van der Waals surface area contributed by atoms with Gasteiger partial charge in [-0.25, -0.2) is 9.97 Å². The van der Waals surface area contributed by atoms with Gasteiger partial charge in [0.2, 0.25) is 11.9 Å². The van der Waals surface area contributed by atoms with Gasteiger partial charge < -0.3 is 19.1 Å². The van der Waals surface area contributed by atoms with E-state index >= 15 is 0 Å². The molecule has 11 heteroatoms. The average molecular weight is 432 g/mol. The van der Waals surface area contributed by atoms with Gasteiger partial charge in [0, 0.05) is 38.8 Å². The van der Waals surface area contributed by atoms with Crippen molar-refractivity contribution >= 4 is 23.0 Å². The maximum absolute atomic E-state index is 12.4. The van der Waals surface area contributed by atoms with Crippen molar-refractivity contribution in [1.29, 1.82) is 0 Å². The summed E-state index contributed by atoms with van der Waals surface area (Å²) in [5.74, 6) is 0.0303. The van der Waals surface area contributed by atoms with Crippen LogP contribution in [0.1, 0.15) is 0 Å². The van der Waals surface area contributed by atoms with Crippen molar-refractivity contribution in [3.8, 4) is 17.0 Å². The predicted molar refractivity (Wildman–Crippen MR) is 107 cm³/mol. The number of carbonyl (C=O) groups excluding carboxylic acids is 1. The molecule has 0 radical (unpaired) electrons. The van der Waals surface area contributed by atoms with Crippen LogP contribution in [0.5, 0.6) is 5.75 Å². The molecule has 3 heterocycles. The number of benzene rings is 1. The lowest BCUT2D eigenvalue weighted by atomic mass is 10.1. The topological polar surface area (TPSA) is 76.4 Å². The molecule has 0 bridgehead atoms. The van der Waals surface area contributed by atoms with E-state index in [1.807, 2.05) is 4.90 Å². The number of aromatic nitrogens is 4. The van der Waals surface area contributed by atoms with Crippen molar-refractivity contribution < 1.29 is 22.7 Å². The van der Waals surface area contributed by atoms with E-state index in [9.17, 15) is 18.0 Å². The second-order valence-corrected chi connectivity index (χ2v) is 6.99. The van der Waals surface area contributed by atoms with Gasteiger partial charge >= 0.3 is 6.36 Å². The molecule has 31 heavy (non-hydrogen) atoms. The standard InChI is InChI=1S/C20H19F3N6O2/c1-3-15(30)28-8-10-29(11-9-28)19-25-16(17-18(26-19)27(2)12-24-17)13-4-6-14(7-5-13)31-20(21,22)23/h3-7,12H,1,8-11H2,2H3. The Morgan fingerprint density at radius 2 is 1.81 bits per heavy atom. The van der Waals surface area contributed by atoms with Crippen molar-refractivity contribution in [2.75, 3.05) is 31.1 Å². The molecule has 0 N–H and O–H groups in total. The van der Waals surface area contributed by atoms with Crippen LogP contribution in [0.15, 0.2) is 43.2 Å². The number of nitrogens with zero attached hydrogens (tertiary/aromatic N) is 6. The van der Waals surface area contributed by atoms with E-state index in [-0.39, 0.29) is 11.7 Å². The summed E-state index contributed by atoms with van der Waals surface area (Å²) in [6.45, 7) is 5.62. The number of carbonyl (C=O) groups is 1. The summed E-state index contributed by atoms with van der Waals surface area (Å²) < 4.78 is 43.0. The summed E-state index contributed by atoms with van der Waals surface area (Å²) in [5, 5.41) is 0. The van der Waals surface area contributed by atoms with Gasteiger partial charge in [0.25, 0.3) is 0 Å². The minimum Gasteiger partial charge on any atom is -0.406 e. The number of piperazine rings is 1. The molecule has 0 atom stereocenters. The molecule has 162 valence electrons. The van der Waals surface area contributed by atoms with Crippen LogP contribution in [0.4, 0.5) is 19.1 Å². The maximum atomic E-state index is 12.4. The first-order chi connectivity index (χ1) is 14.7. The number of hydrogen-bond acceptors (Lipinski definition) is 6. The number of aryl methyl sites for hydroxylation is 1. The Morgan fingerprint density at radius 1 is 1.13 bits per heavy atom. The van der Waals surface area contributed by atoms with E-state index in [4.69, 9.17) is 0 Å². The first-order valence-electron chi connectivity index (χ1n) is 9.46. The fraction of sp³-hybridized carbons (Fsp3) is 0.300. The number of imidazole rings is 1. The third-order valence-electron chi connectivity index (χ3n) is 4.96. The van der Waals surface area contributed by atoms with Crippen LogP contribution >= 0.6 is 0 Å². The minimum atomic E-state index is -4.76. The SMILES string of the molecule is C=CC(=O)N1CCN(c2nc(-c3ccc(OC(F)(F)F)cc3)c3ncn(C)c3n2)CC1. The number of ether oxygens (including phenoxy) is 1. The molecule has 1 amide bonds. The summed E-state index contributed by atoms with van der Waals surface area (Å²) in [6.07, 6.45) is -1.86. The monoisotopic (exact) mass is 432 g/mol. The Bertz CT molecular complexity index is 1120. The van der Waals surface area contributed by atoms with E-state index in [0.717, 1.165) is 0 Å². The number of alkyl halides is 3. The molecule has 1 saturated heterocycles. The van der Waals surface area contributed by atoms with Crippen molar-refractivity contribution in [2.24, 2.45) is 7.05 Å². The number of anilines is 1. The van der Waals surface area contributed by atoms with Gasteiger partial charge in [-0.05, 0) is 30.3 Å². The molecule has 4 rings (SSSR count). The number of hydrogen-bond donors (Lipinski definition) is 0. The Hall–Kier alpha value is -3.63. The highest BCUT2D eigenvalue weighted by molar-refractivity contribution is 5.89. The van der Waals surface area contributed by atoms with Gasteiger partial charge in [0.05, 0.1) is 6.33 Å². The zero-order chi connectivity index (χ0) is 22.2. The van der Waals surface area contributed by atoms with E-state index in [1.165, 1.54) is 30.3 Å². The number of rotatable bonds is 4.